The van der Waals surface area contributed by atoms with Gasteiger partial charge in [0.15, 0.2) is 0 Å². The van der Waals surface area contributed by atoms with E-state index in [1.54, 1.807) is 11.3 Å². The van der Waals surface area contributed by atoms with Crippen LogP contribution in [0.5, 0.6) is 0 Å². The van der Waals surface area contributed by atoms with Gasteiger partial charge in [-0.25, -0.2) is 0 Å². The highest BCUT2D eigenvalue weighted by atomic mass is 35.5. The molecular formula is C16H27ClN2S. The van der Waals surface area contributed by atoms with Gasteiger partial charge in [0, 0.05) is 16.5 Å². The lowest BCUT2D eigenvalue weighted by atomic mass is 9.74. The first-order valence-electron chi connectivity index (χ1n) is 7.73. The van der Waals surface area contributed by atoms with Gasteiger partial charge >= 0.3 is 0 Å². The van der Waals surface area contributed by atoms with E-state index in [-0.39, 0.29) is 0 Å². The summed E-state index contributed by atoms with van der Waals surface area (Å²) in [4.78, 5) is 3.86. The van der Waals surface area contributed by atoms with E-state index in [2.05, 4.69) is 37.3 Å². The molecule has 114 valence electrons. The Kier molecular flexibility index (Phi) is 5.91. The van der Waals surface area contributed by atoms with Crippen LogP contribution in [-0.2, 0) is 6.42 Å². The number of nitrogens with zero attached hydrogens (tertiary/aromatic N) is 1. The SMILES string of the molecule is CCNC(Cc1ccc(Cl)s1)C1(N(C)C)CCCCC1. The maximum atomic E-state index is 6.09. The summed E-state index contributed by atoms with van der Waals surface area (Å²) in [6, 6.07) is 4.72. The fraction of sp³-hybridized carbons (Fsp3) is 0.750. The van der Waals surface area contributed by atoms with Crippen molar-refractivity contribution in [2.45, 2.75) is 57.0 Å². The number of likely N-dealkylation sites (N-methyl/N-ethyl adjacent to an activating group) is 2. The van der Waals surface area contributed by atoms with Gasteiger partial charge < -0.3 is 10.2 Å². The highest BCUT2D eigenvalue weighted by Crippen LogP contribution is 2.37. The van der Waals surface area contributed by atoms with Crippen LogP contribution in [-0.4, -0.2) is 37.1 Å². The van der Waals surface area contributed by atoms with Crippen LogP contribution in [0.2, 0.25) is 4.34 Å². The van der Waals surface area contributed by atoms with Crippen LogP contribution in [0.25, 0.3) is 0 Å². The van der Waals surface area contributed by atoms with Crippen molar-refractivity contribution in [1.82, 2.24) is 10.2 Å². The second-order valence-corrected chi connectivity index (χ2v) is 7.88. The Balaban J connectivity index is 2.19. The van der Waals surface area contributed by atoms with Crippen molar-refractivity contribution in [3.8, 4) is 0 Å². The van der Waals surface area contributed by atoms with Crippen molar-refractivity contribution in [2.24, 2.45) is 0 Å². The molecule has 4 heteroatoms. The van der Waals surface area contributed by atoms with E-state index in [0.29, 0.717) is 11.6 Å². The first-order valence-corrected chi connectivity index (χ1v) is 8.93. The highest BCUT2D eigenvalue weighted by Gasteiger charge is 2.41. The van der Waals surface area contributed by atoms with Crippen molar-refractivity contribution >= 4 is 22.9 Å². The predicted molar refractivity (Wildman–Crippen MR) is 90.0 cm³/mol. The molecule has 0 radical (unpaired) electrons. The summed E-state index contributed by atoms with van der Waals surface area (Å²) in [5.74, 6) is 0. The molecule has 1 N–H and O–H groups in total. The minimum Gasteiger partial charge on any atom is -0.312 e. The predicted octanol–water partition coefficient (Wildman–Crippen LogP) is 4.19. The van der Waals surface area contributed by atoms with Gasteiger partial charge in [-0.05, 0) is 52.0 Å². The summed E-state index contributed by atoms with van der Waals surface area (Å²) < 4.78 is 0.901. The van der Waals surface area contributed by atoms with Gasteiger partial charge in [0.05, 0.1) is 4.34 Å². The van der Waals surface area contributed by atoms with Gasteiger partial charge in [0.1, 0.15) is 0 Å². The summed E-state index contributed by atoms with van der Waals surface area (Å²) in [7, 11) is 4.49. The number of halogens is 1. The molecule has 1 aromatic heterocycles. The largest absolute Gasteiger partial charge is 0.312 e. The molecule has 0 amide bonds. The molecule has 2 nitrogen and oxygen atoms in total. The summed E-state index contributed by atoms with van der Waals surface area (Å²) in [6.07, 6.45) is 7.78. The molecule has 1 heterocycles. The Morgan fingerprint density at radius 2 is 2.00 bits per heavy atom. The van der Waals surface area contributed by atoms with Gasteiger partial charge in [-0.1, -0.05) is 37.8 Å². The molecule has 20 heavy (non-hydrogen) atoms. The summed E-state index contributed by atoms with van der Waals surface area (Å²) >= 11 is 7.81. The van der Waals surface area contributed by atoms with Crippen LogP contribution < -0.4 is 5.32 Å². The zero-order chi connectivity index (χ0) is 14.6. The normalized spacial score (nSPS) is 20.2. The zero-order valence-electron chi connectivity index (χ0n) is 12.9. The third kappa shape index (κ3) is 3.56. The molecule has 1 saturated carbocycles. The highest BCUT2D eigenvalue weighted by molar-refractivity contribution is 7.16. The monoisotopic (exact) mass is 314 g/mol. The average molecular weight is 315 g/mol. The third-order valence-electron chi connectivity index (χ3n) is 4.74. The van der Waals surface area contributed by atoms with Crippen molar-refractivity contribution in [3.63, 3.8) is 0 Å². The lowest BCUT2D eigenvalue weighted by Gasteiger charge is -2.49. The first kappa shape index (κ1) is 16.3. The minimum absolute atomic E-state index is 0.296. The number of hydrogen-bond donors (Lipinski definition) is 1. The fourth-order valence-electron chi connectivity index (χ4n) is 3.63. The van der Waals surface area contributed by atoms with Crippen LogP contribution in [0.1, 0.15) is 43.9 Å². The molecule has 0 aliphatic heterocycles. The number of nitrogens with one attached hydrogen (secondary N) is 1. The van der Waals surface area contributed by atoms with Gasteiger partial charge in [0.2, 0.25) is 0 Å². The number of rotatable bonds is 6. The van der Waals surface area contributed by atoms with E-state index in [1.165, 1.54) is 37.0 Å². The van der Waals surface area contributed by atoms with E-state index in [4.69, 9.17) is 11.6 Å². The maximum Gasteiger partial charge on any atom is 0.0931 e. The summed E-state index contributed by atoms with van der Waals surface area (Å²) in [5.41, 5.74) is 0.296. The number of hydrogen-bond acceptors (Lipinski definition) is 3. The summed E-state index contributed by atoms with van der Waals surface area (Å²) in [5, 5.41) is 3.75. The van der Waals surface area contributed by atoms with Crippen molar-refractivity contribution in [2.75, 3.05) is 20.6 Å². The molecular weight excluding hydrogens is 288 g/mol. The van der Waals surface area contributed by atoms with E-state index >= 15 is 0 Å². The van der Waals surface area contributed by atoms with Crippen LogP contribution >= 0.6 is 22.9 Å². The molecule has 0 saturated heterocycles. The van der Waals surface area contributed by atoms with Crippen LogP contribution in [0.15, 0.2) is 12.1 Å². The Morgan fingerprint density at radius 1 is 1.30 bits per heavy atom. The Morgan fingerprint density at radius 3 is 2.50 bits per heavy atom. The molecule has 0 bridgehead atoms. The van der Waals surface area contributed by atoms with E-state index in [1.807, 2.05) is 6.07 Å². The first-order chi connectivity index (χ1) is 9.58. The molecule has 0 spiro atoms. The Hall–Kier alpha value is -0.0900. The number of thiophene rings is 1. The Bertz CT molecular complexity index is 410. The maximum absolute atomic E-state index is 6.09. The van der Waals surface area contributed by atoms with Crippen LogP contribution in [0.4, 0.5) is 0 Å². The quantitative estimate of drug-likeness (QED) is 0.847. The van der Waals surface area contributed by atoms with Crippen molar-refractivity contribution in [1.29, 1.82) is 0 Å². The van der Waals surface area contributed by atoms with E-state index in [0.717, 1.165) is 17.3 Å². The molecule has 2 rings (SSSR count). The van der Waals surface area contributed by atoms with Gasteiger partial charge in [0.25, 0.3) is 0 Å². The van der Waals surface area contributed by atoms with E-state index < -0.39 is 0 Å². The molecule has 0 aromatic carbocycles. The third-order valence-corrected chi connectivity index (χ3v) is 6.00. The van der Waals surface area contributed by atoms with E-state index in [9.17, 15) is 0 Å². The zero-order valence-corrected chi connectivity index (χ0v) is 14.5. The van der Waals surface area contributed by atoms with Crippen molar-refractivity contribution in [3.05, 3.63) is 21.3 Å². The molecule has 1 aromatic rings. The average Bonchev–Trinajstić information content (AvgIpc) is 2.84. The minimum atomic E-state index is 0.296. The second kappa shape index (κ2) is 7.26. The van der Waals surface area contributed by atoms with Gasteiger partial charge in [-0.15, -0.1) is 11.3 Å². The molecule has 1 atom stereocenters. The fourth-order valence-corrected chi connectivity index (χ4v) is 4.77. The van der Waals surface area contributed by atoms with Crippen LogP contribution in [0, 0.1) is 0 Å². The molecule has 1 fully saturated rings. The van der Waals surface area contributed by atoms with Crippen molar-refractivity contribution < 1.29 is 0 Å². The molecule has 1 aliphatic rings. The van der Waals surface area contributed by atoms with Crippen LogP contribution in [0.3, 0.4) is 0 Å². The van der Waals surface area contributed by atoms with Gasteiger partial charge in [-0.2, -0.15) is 0 Å². The topological polar surface area (TPSA) is 15.3 Å². The standard InChI is InChI=1S/C16H27ClN2S/c1-4-18-14(12-13-8-9-15(17)20-13)16(19(2)3)10-6-5-7-11-16/h8-9,14,18H,4-7,10-12H2,1-3H3. The molecule has 1 aliphatic carbocycles. The Labute approximate surface area is 132 Å². The lowest BCUT2D eigenvalue weighted by molar-refractivity contribution is 0.0578. The lowest BCUT2D eigenvalue weighted by Crippen LogP contribution is -2.60. The summed E-state index contributed by atoms with van der Waals surface area (Å²) in [6.45, 7) is 3.24. The molecule has 1 unspecified atom stereocenters. The second-order valence-electron chi connectivity index (χ2n) is 6.08. The van der Waals surface area contributed by atoms with Gasteiger partial charge in [-0.3, -0.25) is 0 Å². The smallest absolute Gasteiger partial charge is 0.0931 e.